The third-order valence-corrected chi connectivity index (χ3v) is 4.99. The van der Waals surface area contributed by atoms with Gasteiger partial charge < -0.3 is 4.74 Å². The average Bonchev–Trinajstić information content (AvgIpc) is 2.74. The number of halogens is 3. The molecule has 0 aliphatic carbocycles. The van der Waals surface area contributed by atoms with Crippen LogP contribution in [0.2, 0.25) is 0 Å². The Kier molecular flexibility index (Phi) is 5.44. The van der Waals surface area contributed by atoms with Crippen molar-refractivity contribution in [3.63, 3.8) is 0 Å². The molecule has 5 heteroatoms. The van der Waals surface area contributed by atoms with Crippen molar-refractivity contribution < 1.29 is 17.9 Å². The van der Waals surface area contributed by atoms with Crippen molar-refractivity contribution >= 4 is 10.9 Å². The lowest BCUT2D eigenvalue weighted by Crippen LogP contribution is -2.09. The summed E-state index contributed by atoms with van der Waals surface area (Å²) in [6.07, 6.45) is -3.79. The zero-order valence-electron chi connectivity index (χ0n) is 16.4. The number of alkyl halides is 3. The number of aryl methyl sites for hydroxylation is 1. The van der Waals surface area contributed by atoms with Gasteiger partial charge in [0.15, 0.2) is 0 Å². The van der Waals surface area contributed by atoms with Crippen molar-refractivity contribution in [2.75, 3.05) is 6.61 Å². The highest BCUT2D eigenvalue weighted by Crippen LogP contribution is 2.42. The van der Waals surface area contributed by atoms with Crippen LogP contribution < -0.4 is 4.74 Å². The van der Waals surface area contributed by atoms with Crippen molar-refractivity contribution in [1.29, 1.82) is 0 Å². The molecule has 0 saturated carbocycles. The predicted octanol–water partition coefficient (Wildman–Crippen LogP) is 6.85. The summed E-state index contributed by atoms with van der Waals surface area (Å²) < 4.78 is 46.9. The second-order valence-corrected chi connectivity index (χ2v) is 7.05. The minimum absolute atomic E-state index is 0.0586. The van der Waals surface area contributed by atoms with Gasteiger partial charge in [-0.2, -0.15) is 13.2 Å². The Morgan fingerprint density at radius 2 is 1.50 bits per heavy atom. The van der Waals surface area contributed by atoms with Crippen molar-refractivity contribution in [2.45, 2.75) is 19.5 Å². The van der Waals surface area contributed by atoms with E-state index in [2.05, 4.69) is 4.98 Å². The first-order valence-corrected chi connectivity index (χ1v) is 9.68. The van der Waals surface area contributed by atoms with E-state index >= 15 is 0 Å². The molecule has 3 aromatic carbocycles. The lowest BCUT2D eigenvalue weighted by atomic mass is 9.97. The van der Waals surface area contributed by atoms with Crippen LogP contribution in [0.25, 0.3) is 22.0 Å². The number of rotatable bonds is 5. The minimum atomic E-state index is -4.48. The number of benzene rings is 3. The van der Waals surface area contributed by atoms with Gasteiger partial charge in [0.2, 0.25) is 0 Å². The highest BCUT2D eigenvalue weighted by atomic mass is 19.4. The zero-order valence-corrected chi connectivity index (χ0v) is 16.4. The van der Waals surface area contributed by atoms with E-state index in [4.69, 9.17) is 4.74 Å². The predicted molar refractivity (Wildman–Crippen MR) is 113 cm³/mol. The van der Waals surface area contributed by atoms with Gasteiger partial charge in [-0.25, -0.2) is 4.98 Å². The smallest absolute Gasteiger partial charge is 0.418 e. The summed E-state index contributed by atoms with van der Waals surface area (Å²) in [6, 6.07) is 23.4. The van der Waals surface area contributed by atoms with Crippen molar-refractivity contribution in [3.8, 4) is 16.9 Å². The fraction of sp³-hybridized carbons (Fsp3) is 0.160. The van der Waals surface area contributed by atoms with Gasteiger partial charge in [-0.15, -0.1) is 0 Å². The molecule has 0 fully saturated rings. The number of fused-ring (bicyclic) bond motifs is 1. The highest BCUT2D eigenvalue weighted by molar-refractivity contribution is 5.99. The van der Waals surface area contributed by atoms with Gasteiger partial charge in [0.1, 0.15) is 5.75 Å². The van der Waals surface area contributed by atoms with Gasteiger partial charge in [-0.1, -0.05) is 72.8 Å². The van der Waals surface area contributed by atoms with Crippen LogP contribution in [0, 0.1) is 6.92 Å². The third-order valence-electron chi connectivity index (χ3n) is 4.99. The number of para-hydroxylation sites is 1. The average molecular weight is 407 g/mol. The van der Waals surface area contributed by atoms with Gasteiger partial charge in [0.25, 0.3) is 0 Å². The Hall–Kier alpha value is -3.34. The van der Waals surface area contributed by atoms with Crippen LogP contribution in [0.15, 0.2) is 78.9 Å². The van der Waals surface area contributed by atoms with Gasteiger partial charge in [0, 0.05) is 17.4 Å². The van der Waals surface area contributed by atoms with E-state index < -0.39 is 11.7 Å². The summed E-state index contributed by atoms with van der Waals surface area (Å²) in [5, 5.41) is 0.427. The lowest BCUT2D eigenvalue weighted by Gasteiger charge is -2.19. The molecule has 4 aromatic rings. The summed E-state index contributed by atoms with van der Waals surface area (Å²) in [5.74, 6) is 0.518. The van der Waals surface area contributed by atoms with Crippen LogP contribution in [-0.4, -0.2) is 11.6 Å². The van der Waals surface area contributed by atoms with E-state index in [1.165, 1.54) is 6.07 Å². The summed E-state index contributed by atoms with van der Waals surface area (Å²) in [4.78, 5) is 4.31. The molecule has 0 radical (unpaired) electrons. The van der Waals surface area contributed by atoms with Crippen LogP contribution >= 0.6 is 0 Å². The van der Waals surface area contributed by atoms with E-state index in [0.29, 0.717) is 35.4 Å². The molecule has 0 bridgehead atoms. The summed E-state index contributed by atoms with van der Waals surface area (Å²) >= 11 is 0. The molecule has 0 amide bonds. The van der Waals surface area contributed by atoms with Crippen LogP contribution in [0.3, 0.4) is 0 Å². The molecule has 0 aliphatic rings. The molecule has 2 nitrogen and oxygen atoms in total. The van der Waals surface area contributed by atoms with Crippen molar-refractivity contribution in [2.24, 2.45) is 0 Å². The molecule has 0 atom stereocenters. The van der Waals surface area contributed by atoms with E-state index in [1.807, 2.05) is 60.7 Å². The number of hydrogen-bond donors (Lipinski definition) is 0. The largest absolute Gasteiger partial charge is 0.491 e. The first kappa shape index (κ1) is 20.0. The van der Waals surface area contributed by atoms with Crippen LogP contribution in [0.4, 0.5) is 13.2 Å². The van der Waals surface area contributed by atoms with E-state index in [-0.39, 0.29) is 5.52 Å². The molecule has 0 aliphatic heterocycles. The Bertz CT molecular complexity index is 1160. The molecule has 0 N–H and O–H groups in total. The Labute approximate surface area is 173 Å². The fourth-order valence-corrected chi connectivity index (χ4v) is 3.60. The second-order valence-electron chi connectivity index (χ2n) is 7.05. The molecule has 4 rings (SSSR count). The first-order chi connectivity index (χ1) is 14.4. The topological polar surface area (TPSA) is 22.1 Å². The normalized spacial score (nSPS) is 11.6. The molecule has 152 valence electrons. The maximum absolute atomic E-state index is 13.6. The number of hydrogen-bond acceptors (Lipinski definition) is 2. The minimum Gasteiger partial charge on any atom is -0.491 e. The van der Waals surface area contributed by atoms with Crippen LogP contribution in [0.1, 0.15) is 16.8 Å². The Morgan fingerprint density at radius 1 is 0.833 bits per heavy atom. The molecule has 0 saturated heterocycles. The first-order valence-electron chi connectivity index (χ1n) is 9.68. The summed E-state index contributed by atoms with van der Waals surface area (Å²) in [7, 11) is 0. The molecular formula is C25H20F3NO. The van der Waals surface area contributed by atoms with E-state index in [9.17, 15) is 13.2 Å². The number of nitrogens with zero attached hydrogens (tertiary/aromatic N) is 1. The van der Waals surface area contributed by atoms with E-state index in [0.717, 1.165) is 17.2 Å². The fourth-order valence-electron chi connectivity index (χ4n) is 3.60. The number of aromatic nitrogens is 1. The Morgan fingerprint density at radius 3 is 2.17 bits per heavy atom. The van der Waals surface area contributed by atoms with Gasteiger partial charge in [-0.3, -0.25) is 0 Å². The molecule has 1 aromatic heterocycles. The van der Waals surface area contributed by atoms with Crippen LogP contribution in [-0.2, 0) is 12.6 Å². The second kappa shape index (κ2) is 8.19. The monoisotopic (exact) mass is 407 g/mol. The van der Waals surface area contributed by atoms with E-state index in [1.54, 1.807) is 13.0 Å². The molecular weight excluding hydrogens is 387 g/mol. The zero-order chi connectivity index (χ0) is 21.1. The summed E-state index contributed by atoms with van der Waals surface area (Å²) in [5.41, 5.74) is 2.20. The molecule has 0 unspecified atom stereocenters. The maximum atomic E-state index is 13.6. The molecule has 30 heavy (non-hydrogen) atoms. The number of pyridine rings is 1. The quantitative estimate of drug-likeness (QED) is 0.361. The highest BCUT2D eigenvalue weighted by Gasteiger charge is 2.34. The van der Waals surface area contributed by atoms with Crippen molar-refractivity contribution in [1.82, 2.24) is 4.98 Å². The summed E-state index contributed by atoms with van der Waals surface area (Å²) in [6.45, 7) is 2.09. The number of ether oxygens (including phenoxy) is 1. The third kappa shape index (κ3) is 4.01. The van der Waals surface area contributed by atoms with Crippen molar-refractivity contribution in [3.05, 3.63) is 95.7 Å². The van der Waals surface area contributed by atoms with Gasteiger partial charge in [-0.05, 0) is 24.1 Å². The Balaban J connectivity index is 1.84. The van der Waals surface area contributed by atoms with Gasteiger partial charge >= 0.3 is 6.18 Å². The lowest BCUT2D eigenvalue weighted by molar-refractivity contribution is -0.136. The van der Waals surface area contributed by atoms with Gasteiger partial charge in [0.05, 0.1) is 23.4 Å². The SMILES string of the molecule is Cc1nc2c(C(F)(F)F)cccc2c(-c2ccccc2)c1OCCc1ccccc1. The standard InChI is InChI=1S/C25H20F3NO/c1-17-24(30-16-15-18-9-4-2-5-10-18)22(19-11-6-3-7-12-19)20-13-8-14-21(23(20)29-17)25(26,27)28/h2-14H,15-16H2,1H3. The molecule has 0 spiro atoms. The van der Waals surface area contributed by atoms with Crippen LogP contribution in [0.5, 0.6) is 5.75 Å². The maximum Gasteiger partial charge on any atom is 0.418 e. The molecule has 1 heterocycles.